The summed E-state index contributed by atoms with van der Waals surface area (Å²) in [5.74, 6) is 1.68. The van der Waals surface area contributed by atoms with Gasteiger partial charge in [0, 0.05) is 34.3 Å². The smallest absolute Gasteiger partial charge is 0.344 e. The van der Waals surface area contributed by atoms with Crippen molar-refractivity contribution in [3.8, 4) is 17.2 Å². The number of carbonyl (C=O) groups excluding carboxylic acids is 1. The Bertz CT molecular complexity index is 2210. The Morgan fingerprint density at radius 1 is 0.455 bits per heavy atom. The van der Waals surface area contributed by atoms with Crippen LogP contribution in [0.1, 0.15) is 20.8 Å². The van der Waals surface area contributed by atoms with Crippen LogP contribution in [0.3, 0.4) is 0 Å². The van der Waals surface area contributed by atoms with Crippen molar-refractivity contribution in [1.82, 2.24) is 0 Å². The number of hydrogen-bond acceptors (Lipinski definition) is 5. The van der Waals surface area contributed by atoms with E-state index in [0.717, 1.165) is 21.3 Å². The molecule has 7 rings (SSSR count). The second kappa shape index (κ2) is 16.6. The predicted molar refractivity (Wildman–Crippen MR) is 229 cm³/mol. The zero-order valence-electron chi connectivity index (χ0n) is 31.1. The highest BCUT2D eigenvalue weighted by atomic mass is 33.2. The lowest BCUT2D eigenvalue weighted by molar-refractivity contribution is -0.157. The maximum absolute atomic E-state index is 12.6. The molecule has 0 aliphatic rings. The van der Waals surface area contributed by atoms with Gasteiger partial charge in [-0.25, -0.2) is 4.79 Å². The van der Waals surface area contributed by atoms with Gasteiger partial charge in [0.1, 0.15) is 22.8 Å². The number of rotatable bonds is 12. The minimum Gasteiger partial charge on any atom is -0.482 e. The Morgan fingerprint density at radius 3 is 1.11 bits per heavy atom. The molecule has 7 aromatic carbocycles. The molecular weight excluding hydrogens is 737 g/mol. The Morgan fingerprint density at radius 2 is 0.764 bits per heavy atom. The summed E-state index contributed by atoms with van der Waals surface area (Å²) in [7, 11) is -4.50. The minimum absolute atomic E-state index is 0.178. The van der Waals surface area contributed by atoms with Gasteiger partial charge >= 0.3 is 5.97 Å². The highest BCUT2D eigenvalue weighted by Gasteiger charge is 2.50. The van der Waals surface area contributed by atoms with Crippen molar-refractivity contribution in [2.24, 2.45) is 0 Å². The number of carbonyl (C=O) groups is 1. The van der Waals surface area contributed by atoms with Crippen molar-refractivity contribution < 1.29 is 19.0 Å². The Kier molecular flexibility index (Phi) is 11.4. The van der Waals surface area contributed by atoms with Crippen LogP contribution in [-0.4, -0.2) is 18.2 Å². The Labute approximate surface area is 332 Å². The maximum atomic E-state index is 12.6. The third-order valence-corrected chi connectivity index (χ3v) is 21.2. The SMILES string of the molecule is CC(C)(C)OC(=O)COc1ccc(S(c2ccccc2)(c2ccccc2)S(c2ccccc2)(c2ccccc2)c2ccc(Oc3ccc(S)cc3)cc2)cc1. The van der Waals surface area contributed by atoms with Gasteiger partial charge in [-0.2, -0.15) is 0 Å². The summed E-state index contributed by atoms with van der Waals surface area (Å²) in [5, 5.41) is 0. The van der Waals surface area contributed by atoms with E-state index in [2.05, 4.69) is 170 Å². The topological polar surface area (TPSA) is 44.8 Å². The first-order chi connectivity index (χ1) is 26.7. The fraction of sp³-hybridized carbons (Fsp3) is 0.104. The summed E-state index contributed by atoms with van der Waals surface area (Å²) in [5.41, 5.74) is -0.595. The van der Waals surface area contributed by atoms with E-state index in [1.165, 1.54) is 24.5 Å². The van der Waals surface area contributed by atoms with Crippen molar-refractivity contribution >= 4 is 36.7 Å². The van der Waals surface area contributed by atoms with Gasteiger partial charge in [0.25, 0.3) is 0 Å². The van der Waals surface area contributed by atoms with Crippen LogP contribution in [0, 0.1) is 0 Å². The van der Waals surface area contributed by atoms with Crippen LogP contribution in [0.2, 0.25) is 0 Å². The monoisotopic (exact) mass is 780 g/mol. The molecule has 0 aliphatic heterocycles. The van der Waals surface area contributed by atoms with Crippen molar-refractivity contribution in [2.45, 2.75) is 60.6 Å². The van der Waals surface area contributed by atoms with E-state index in [0.29, 0.717) is 5.75 Å². The molecule has 0 N–H and O–H groups in total. The van der Waals surface area contributed by atoms with Gasteiger partial charge in [0.05, 0.1) is 0 Å². The lowest BCUT2D eigenvalue weighted by Crippen LogP contribution is -2.27. The molecule has 7 heteroatoms. The second-order valence-electron chi connectivity index (χ2n) is 13.8. The summed E-state index contributed by atoms with van der Waals surface area (Å²) in [6.07, 6.45) is 0. The summed E-state index contributed by atoms with van der Waals surface area (Å²) in [4.78, 5) is 20.7. The minimum atomic E-state index is -2.26. The van der Waals surface area contributed by atoms with E-state index in [1.807, 2.05) is 57.2 Å². The van der Waals surface area contributed by atoms with Gasteiger partial charge in [-0.15, -0.1) is 30.7 Å². The summed E-state index contributed by atoms with van der Waals surface area (Å²) in [6, 6.07) is 68.6. The maximum Gasteiger partial charge on any atom is 0.344 e. The summed E-state index contributed by atoms with van der Waals surface area (Å²) in [6.45, 7) is 5.38. The summed E-state index contributed by atoms with van der Waals surface area (Å²) < 4.78 is 17.9. The van der Waals surface area contributed by atoms with E-state index in [1.54, 1.807) is 0 Å². The molecule has 0 fully saturated rings. The summed E-state index contributed by atoms with van der Waals surface area (Å²) >= 11 is 4.45. The molecule has 0 bridgehead atoms. The van der Waals surface area contributed by atoms with Gasteiger partial charge in [-0.1, -0.05) is 72.8 Å². The second-order valence-corrected chi connectivity index (χ2v) is 22.3. The molecule has 0 radical (unpaired) electrons. The molecule has 55 heavy (non-hydrogen) atoms. The molecule has 4 nitrogen and oxygen atoms in total. The standard InChI is InChI=1S/C48H44O4S3/c1-48(2,3)52-47(49)36-50-37-26-32-45(33-27-37)54(41-16-8-4-9-17-41,42-18-10-5-11-19-42)55(43-20-12-6-13-21-43,44-22-14-7-15-23-44)46-34-28-39(29-35-46)51-38-24-30-40(53)31-25-38/h4-35,53H,36H2,1-3H3. The predicted octanol–water partition coefficient (Wildman–Crippen LogP) is 13.7. The Hall–Kier alpha value is -5.34. The average Bonchev–Trinajstić information content (AvgIpc) is 3.21. The molecule has 0 heterocycles. The van der Waals surface area contributed by atoms with Crippen LogP contribution in [0.4, 0.5) is 0 Å². The average molecular weight is 781 g/mol. The third kappa shape index (κ3) is 7.92. The van der Waals surface area contributed by atoms with Crippen LogP contribution in [0.15, 0.2) is 228 Å². The van der Waals surface area contributed by atoms with Gasteiger partial charge in [0.2, 0.25) is 0 Å². The van der Waals surface area contributed by atoms with Crippen molar-refractivity contribution in [2.75, 3.05) is 6.61 Å². The van der Waals surface area contributed by atoms with Crippen molar-refractivity contribution in [3.05, 3.63) is 194 Å². The van der Waals surface area contributed by atoms with Crippen LogP contribution < -0.4 is 9.47 Å². The molecule has 0 saturated heterocycles. The first-order valence-electron chi connectivity index (χ1n) is 18.1. The van der Waals surface area contributed by atoms with Crippen LogP contribution >= 0.6 is 30.7 Å². The van der Waals surface area contributed by atoms with Crippen LogP contribution in [0.5, 0.6) is 17.2 Å². The molecule has 7 aromatic rings. The first-order valence-corrected chi connectivity index (χ1v) is 22.3. The molecule has 0 spiro atoms. The van der Waals surface area contributed by atoms with E-state index in [4.69, 9.17) is 14.2 Å². The van der Waals surface area contributed by atoms with E-state index >= 15 is 0 Å². The van der Waals surface area contributed by atoms with Crippen LogP contribution in [0.25, 0.3) is 0 Å². The normalized spacial score (nSPS) is 12.4. The number of hydrogen-bond donors (Lipinski definition) is 1. The van der Waals surface area contributed by atoms with E-state index < -0.39 is 29.7 Å². The van der Waals surface area contributed by atoms with E-state index in [9.17, 15) is 4.79 Å². The molecule has 0 aliphatic carbocycles. The molecule has 0 saturated carbocycles. The molecule has 0 unspecified atom stereocenters. The molecular formula is C48H44O4S3. The van der Waals surface area contributed by atoms with Gasteiger partial charge < -0.3 is 14.2 Å². The number of thiol groups is 1. The zero-order chi connectivity index (χ0) is 38.3. The molecule has 0 amide bonds. The Balaban J connectivity index is 1.51. The highest BCUT2D eigenvalue weighted by molar-refractivity contribution is 9.08. The zero-order valence-corrected chi connectivity index (χ0v) is 33.6. The fourth-order valence-electron chi connectivity index (χ4n) is 6.72. The van der Waals surface area contributed by atoms with Gasteiger partial charge in [0.15, 0.2) is 6.61 Å². The molecule has 278 valence electrons. The molecule has 0 atom stereocenters. The van der Waals surface area contributed by atoms with Crippen LogP contribution in [-0.2, 0) is 9.53 Å². The quantitative estimate of drug-likeness (QED) is 0.0762. The van der Waals surface area contributed by atoms with E-state index in [-0.39, 0.29) is 6.61 Å². The highest BCUT2D eigenvalue weighted by Crippen LogP contribution is 2.99. The lowest BCUT2D eigenvalue weighted by Gasteiger charge is -2.60. The van der Waals surface area contributed by atoms with Gasteiger partial charge in [-0.3, -0.25) is 0 Å². The number of esters is 1. The first kappa shape index (κ1) is 38.0. The number of ether oxygens (including phenoxy) is 3. The fourth-order valence-corrected chi connectivity index (χ4v) is 20.6. The third-order valence-electron chi connectivity index (χ3n) is 8.84. The number of benzene rings is 7. The van der Waals surface area contributed by atoms with Crippen molar-refractivity contribution in [1.29, 1.82) is 0 Å². The largest absolute Gasteiger partial charge is 0.482 e. The lowest BCUT2D eigenvalue weighted by atomic mass is 10.2. The van der Waals surface area contributed by atoms with Crippen molar-refractivity contribution in [3.63, 3.8) is 0 Å². The van der Waals surface area contributed by atoms with Gasteiger partial charge in [-0.05, 0) is 142 Å². The molecule has 0 aromatic heterocycles.